The molecule has 0 radical (unpaired) electrons. The van der Waals surface area contributed by atoms with Crippen molar-refractivity contribution in [1.82, 2.24) is 14.8 Å². The first-order valence-corrected chi connectivity index (χ1v) is 8.72. The Morgan fingerprint density at radius 1 is 1.16 bits per heavy atom. The molecule has 7 heteroatoms. The minimum absolute atomic E-state index is 0.00723. The highest BCUT2D eigenvalue weighted by Crippen LogP contribution is 2.28. The van der Waals surface area contributed by atoms with Crippen LogP contribution in [0.1, 0.15) is 24.9 Å². The van der Waals surface area contributed by atoms with Crippen LogP contribution in [0.25, 0.3) is 0 Å². The normalized spacial score (nSPS) is 20.8. The van der Waals surface area contributed by atoms with Crippen molar-refractivity contribution in [3.63, 3.8) is 0 Å². The second-order valence-corrected chi connectivity index (χ2v) is 6.16. The molecule has 2 aliphatic heterocycles. The van der Waals surface area contributed by atoms with E-state index in [1.54, 1.807) is 23.0 Å². The third-order valence-corrected chi connectivity index (χ3v) is 4.53. The zero-order valence-corrected chi connectivity index (χ0v) is 14.5. The fourth-order valence-corrected chi connectivity index (χ4v) is 3.17. The largest absolute Gasteiger partial charge is 0.450 e. The molecule has 0 saturated carbocycles. The Labute approximate surface area is 147 Å². The number of hydrogen-bond donors (Lipinski definition) is 0. The van der Waals surface area contributed by atoms with Crippen LogP contribution in [0, 0.1) is 0 Å². The van der Waals surface area contributed by atoms with Gasteiger partial charge >= 0.3 is 6.09 Å². The molecule has 2 heterocycles. The van der Waals surface area contributed by atoms with Gasteiger partial charge in [-0.2, -0.15) is 5.10 Å². The predicted molar refractivity (Wildman–Crippen MR) is 94.2 cm³/mol. The van der Waals surface area contributed by atoms with Gasteiger partial charge in [-0.3, -0.25) is 9.69 Å². The Hall–Kier alpha value is -2.41. The first-order valence-electron chi connectivity index (χ1n) is 8.72. The molecule has 0 bridgehead atoms. The number of rotatable bonds is 4. The van der Waals surface area contributed by atoms with Crippen molar-refractivity contribution < 1.29 is 14.3 Å². The number of piperazine rings is 1. The highest BCUT2D eigenvalue weighted by Gasteiger charge is 2.30. The van der Waals surface area contributed by atoms with E-state index in [0.717, 1.165) is 12.0 Å². The van der Waals surface area contributed by atoms with Gasteiger partial charge in [-0.05, 0) is 12.5 Å². The summed E-state index contributed by atoms with van der Waals surface area (Å²) in [5.41, 5.74) is 1.10. The third-order valence-electron chi connectivity index (χ3n) is 4.53. The molecule has 1 saturated heterocycles. The van der Waals surface area contributed by atoms with E-state index in [1.807, 2.05) is 30.3 Å². The molecule has 1 unspecified atom stereocenters. The van der Waals surface area contributed by atoms with Gasteiger partial charge in [0, 0.05) is 38.8 Å². The number of amides is 2. The minimum atomic E-state index is -0.276. The molecular formula is C18H24N4O3. The van der Waals surface area contributed by atoms with Gasteiger partial charge in [0.25, 0.3) is 5.91 Å². The molecule has 3 rings (SSSR count). The Morgan fingerprint density at radius 3 is 2.56 bits per heavy atom. The quantitative estimate of drug-likeness (QED) is 0.834. The van der Waals surface area contributed by atoms with Crippen LogP contribution >= 0.6 is 0 Å². The average Bonchev–Trinajstić information content (AvgIpc) is 3.13. The fraction of sp³-hybridized carbons (Fsp3) is 0.500. The average molecular weight is 344 g/mol. The van der Waals surface area contributed by atoms with Crippen LogP contribution in [-0.2, 0) is 9.53 Å². The van der Waals surface area contributed by atoms with Crippen molar-refractivity contribution in [3.05, 3.63) is 35.9 Å². The van der Waals surface area contributed by atoms with E-state index in [0.29, 0.717) is 39.3 Å². The number of ether oxygens (including phenoxy) is 1. The van der Waals surface area contributed by atoms with Crippen LogP contribution in [0.5, 0.6) is 0 Å². The van der Waals surface area contributed by atoms with Crippen molar-refractivity contribution in [2.75, 3.05) is 39.3 Å². The summed E-state index contributed by atoms with van der Waals surface area (Å²) in [5.74, 6) is -0.00723. The predicted octanol–water partition coefficient (Wildman–Crippen LogP) is 1.72. The molecule has 0 aromatic heterocycles. The van der Waals surface area contributed by atoms with Gasteiger partial charge in [0.2, 0.25) is 0 Å². The summed E-state index contributed by atoms with van der Waals surface area (Å²) in [7, 11) is 0. The van der Waals surface area contributed by atoms with E-state index in [-0.39, 0.29) is 18.0 Å². The van der Waals surface area contributed by atoms with E-state index >= 15 is 0 Å². The van der Waals surface area contributed by atoms with E-state index < -0.39 is 0 Å². The second-order valence-electron chi connectivity index (χ2n) is 6.16. The van der Waals surface area contributed by atoms with Crippen LogP contribution in [0.15, 0.2) is 35.4 Å². The van der Waals surface area contributed by atoms with Crippen LogP contribution in [0.4, 0.5) is 4.79 Å². The lowest BCUT2D eigenvalue weighted by Crippen LogP contribution is -2.51. The zero-order chi connectivity index (χ0) is 17.6. The van der Waals surface area contributed by atoms with E-state index in [4.69, 9.17) is 4.74 Å². The molecule has 25 heavy (non-hydrogen) atoms. The summed E-state index contributed by atoms with van der Waals surface area (Å²) in [6.45, 7) is 4.99. The Kier molecular flexibility index (Phi) is 5.65. The zero-order valence-electron chi connectivity index (χ0n) is 14.5. The molecule has 0 spiro atoms. The number of hydrazone groups is 1. The van der Waals surface area contributed by atoms with E-state index in [2.05, 4.69) is 10.0 Å². The van der Waals surface area contributed by atoms with Crippen molar-refractivity contribution >= 4 is 18.2 Å². The van der Waals surface area contributed by atoms with Crippen LogP contribution in [0.3, 0.4) is 0 Å². The number of benzene rings is 1. The maximum absolute atomic E-state index is 12.7. The van der Waals surface area contributed by atoms with E-state index in [9.17, 15) is 9.59 Å². The van der Waals surface area contributed by atoms with Crippen molar-refractivity contribution in [1.29, 1.82) is 0 Å². The molecule has 1 aromatic rings. The summed E-state index contributed by atoms with van der Waals surface area (Å²) >= 11 is 0. The van der Waals surface area contributed by atoms with Gasteiger partial charge in [0.15, 0.2) is 0 Å². The van der Waals surface area contributed by atoms with Crippen molar-refractivity contribution in [2.45, 2.75) is 19.4 Å². The minimum Gasteiger partial charge on any atom is -0.450 e. The molecule has 1 fully saturated rings. The summed E-state index contributed by atoms with van der Waals surface area (Å²) in [6, 6.07) is 9.95. The SMILES string of the molecule is CCOC(=O)N1CCN(CC(=O)N2N=CCC2c2ccccc2)CC1. The topological polar surface area (TPSA) is 65.5 Å². The van der Waals surface area contributed by atoms with Crippen LogP contribution < -0.4 is 0 Å². The summed E-state index contributed by atoms with van der Waals surface area (Å²) < 4.78 is 5.02. The Morgan fingerprint density at radius 2 is 1.88 bits per heavy atom. The highest BCUT2D eigenvalue weighted by molar-refractivity contribution is 5.81. The molecule has 0 aliphatic carbocycles. The summed E-state index contributed by atoms with van der Waals surface area (Å²) in [5, 5.41) is 5.86. The lowest BCUT2D eigenvalue weighted by atomic mass is 10.0. The lowest BCUT2D eigenvalue weighted by molar-refractivity contribution is -0.134. The van der Waals surface area contributed by atoms with Crippen LogP contribution in [-0.4, -0.2) is 72.4 Å². The van der Waals surface area contributed by atoms with Gasteiger partial charge in [-0.15, -0.1) is 0 Å². The molecule has 0 N–H and O–H groups in total. The van der Waals surface area contributed by atoms with E-state index in [1.165, 1.54) is 0 Å². The summed E-state index contributed by atoms with van der Waals surface area (Å²) in [6.07, 6.45) is 2.27. The first-order chi connectivity index (χ1) is 12.2. The monoisotopic (exact) mass is 344 g/mol. The molecule has 2 aliphatic rings. The molecular weight excluding hydrogens is 320 g/mol. The first kappa shape index (κ1) is 17.4. The smallest absolute Gasteiger partial charge is 0.409 e. The summed E-state index contributed by atoms with van der Waals surface area (Å²) in [4.78, 5) is 28.2. The Bertz CT molecular complexity index is 626. The Balaban J connectivity index is 1.53. The maximum Gasteiger partial charge on any atom is 0.409 e. The highest BCUT2D eigenvalue weighted by atomic mass is 16.6. The molecule has 134 valence electrons. The maximum atomic E-state index is 12.7. The standard InChI is InChI=1S/C18H24N4O3/c1-2-25-18(24)21-12-10-20(11-13-21)14-17(23)22-16(8-9-19-22)15-6-4-3-5-7-15/h3-7,9,16H,2,8,10-14H2,1H3. The number of carbonyl (C=O) groups excluding carboxylic acids is 2. The van der Waals surface area contributed by atoms with Gasteiger partial charge in [-0.25, -0.2) is 9.80 Å². The fourth-order valence-electron chi connectivity index (χ4n) is 3.17. The van der Waals surface area contributed by atoms with Gasteiger partial charge in [0.05, 0.1) is 19.2 Å². The lowest BCUT2D eigenvalue weighted by Gasteiger charge is -2.34. The number of hydrogen-bond acceptors (Lipinski definition) is 5. The molecule has 1 aromatic carbocycles. The third kappa shape index (κ3) is 4.17. The van der Waals surface area contributed by atoms with Crippen LogP contribution in [0.2, 0.25) is 0 Å². The number of carbonyl (C=O) groups is 2. The number of nitrogens with zero attached hydrogens (tertiary/aromatic N) is 4. The molecule has 7 nitrogen and oxygen atoms in total. The van der Waals surface area contributed by atoms with Gasteiger partial charge in [-0.1, -0.05) is 30.3 Å². The van der Waals surface area contributed by atoms with Crippen molar-refractivity contribution in [2.24, 2.45) is 5.10 Å². The van der Waals surface area contributed by atoms with Crippen molar-refractivity contribution in [3.8, 4) is 0 Å². The molecule has 2 amide bonds. The van der Waals surface area contributed by atoms with Gasteiger partial charge in [0.1, 0.15) is 0 Å². The second kappa shape index (κ2) is 8.11. The van der Waals surface area contributed by atoms with Gasteiger partial charge < -0.3 is 9.64 Å². The molecule has 1 atom stereocenters.